The summed E-state index contributed by atoms with van der Waals surface area (Å²) in [5.74, 6) is 0.567. The van der Waals surface area contributed by atoms with Gasteiger partial charge in [-0.05, 0) is 37.8 Å². The van der Waals surface area contributed by atoms with E-state index in [0.29, 0.717) is 5.92 Å². The molecular weight excluding hydrogens is 328 g/mol. The average Bonchev–Trinajstić information content (AvgIpc) is 2.93. The van der Waals surface area contributed by atoms with Gasteiger partial charge in [-0.2, -0.15) is 0 Å². The van der Waals surface area contributed by atoms with Gasteiger partial charge in [0.05, 0.1) is 11.1 Å². The topological polar surface area (TPSA) is 42.0 Å². The Labute approximate surface area is 133 Å². The number of fused-ring (bicyclic) bond motifs is 1. The molecule has 1 amide bonds. The van der Waals surface area contributed by atoms with Crippen molar-refractivity contribution in [2.24, 2.45) is 5.92 Å². The number of rotatable bonds is 3. The molecule has 0 spiro atoms. The van der Waals surface area contributed by atoms with Crippen molar-refractivity contribution >= 4 is 32.7 Å². The van der Waals surface area contributed by atoms with E-state index >= 15 is 0 Å². The number of pyridine rings is 1. The summed E-state index contributed by atoms with van der Waals surface area (Å²) in [4.78, 5) is 17.2. The second-order valence-electron chi connectivity index (χ2n) is 5.75. The highest BCUT2D eigenvalue weighted by atomic mass is 79.9. The lowest BCUT2D eigenvalue weighted by Gasteiger charge is -2.19. The highest BCUT2D eigenvalue weighted by Crippen LogP contribution is 2.28. The Morgan fingerprint density at radius 3 is 3.00 bits per heavy atom. The first-order chi connectivity index (χ1) is 10.2. The summed E-state index contributed by atoms with van der Waals surface area (Å²) in [7, 11) is 0. The molecule has 1 heterocycles. The number of hydrogen-bond donors (Lipinski definition) is 1. The number of hydrogen-bond acceptors (Lipinski definition) is 2. The lowest BCUT2D eigenvalue weighted by Crippen LogP contribution is -2.38. The van der Waals surface area contributed by atoms with Gasteiger partial charge < -0.3 is 5.32 Å². The van der Waals surface area contributed by atoms with Crippen molar-refractivity contribution in [3.8, 4) is 0 Å². The number of carbonyl (C=O) groups is 1. The summed E-state index contributed by atoms with van der Waals surface area (Å²) >= 11 is 3.55. The van der Waals surface area contributed by atoms with Gasteiger partial charge in [0, 0.05) is 22.5 Å². The molecule has 2 aromatic rings. The Kier molecular flexibility index (Phi) is 4.24. The van der Waals surface area contributed by atoms with E-state index in [0.717, 1.165) is 33.9 Å². The van der Waals surface area contributed by atoms with Crippen molar-refractivity contribution < 1.29 is 4.79 Å². The maximum absolute atomic E-state index is 12.7. The number of carbonyl (C=O) groups excluding carboxylic acids is 1. The van der Waals surface area contributed by atoms with Gasteiger partial charge in [-0.1, -0.05) is 40.5 Å². The first-order valence-corrected chi connectivity index (χ1v) is 8.54. The van der Waals surface area contributed by atoms with Crippen LogP contribution >= 0.6 is 15.9 Å². The average molecular weight is 347 g/mol. The van der Waals surface area contributed by atoms with Gasteiger partial charge in [0.25, 0.3) is 5.91 Å². The Hall–Kier alpha value is -1.42. The first kappa shape index (κ1) is 14.5. The molecule has 110 valence electrons. The summed E-state index contributed by atoms with van der Waals surface area (Å²) < 4.78 is 0. The fraction of sp³-hybridized carbons (Fsp3) is 0.412. The van der Waals surface area contributed by atoms with Crippen LogP contribution in [0, 0.1) is 12.8 Å². The number of para-hydroxylation sites is 1. The summed E-state index contributed by atoms with van der Waals surface area (Å²) in [6, 6.07) is 9.99. The van der Waals surface area contributed by atoms with Crippen LogP contribution < -0.4 is 5.32 Å². The number of aryl methyl sites for hydroxylation is 1. The third kappa shape index (κ3) is 2.95. The van der Waals surface area contributed by atoms with Crippen molar-refractivity contribution in [3.05, 3.63) is 41.6 Å². The molecule has 0 radical (unpaired) electrons. The highest BCUT2D eigenvalue weighted by molar-refractivity contribution is 9.09. The Bertz CT molecular complexity index is 671. The molecule has 1 aromatic carbocycles. The van der Waals surface area contributed by atoms with E-state index in [4.69, 9.17) is 0 Å². The molecule has 1 aliphatic carbocycles. The van der Waals surface area contributed by atoms with Crippen LogP contribution in [0.25, 0.3) is 10.9 Å². The van der Waals surface area contributed by atoms with Crippen LogP contribution in [0.5, 0.6) is 0 Å². The molecule has 1 fully saturated rings. The van der Waals surface area contributed by atoms with E-state index in [1.807, 2.05) is 37.3 Å². The van der Waals surface area contributed by atoms with E-state index in [2.05, 4.69) is 26.2 Å². The van der Waals surface area contributed by atoms with Crippen LogP contribution in [0.2, 0.25) is 0 Å². The van der Waals surface area contributed by atoms with Gasteiger partial charge in [0.2, 0.25) is 0 Å². The molecule has 1 aliphatic rings. The maximum atomic E-state index is 12.7. The summed E-state index contributed by atoms with van der Waals surface area (Å²) in [6.45, 7) is 1.93. The van der Waals surface area contributed by atoms with E-state index in [1.54, 1.807) is 0 Å². The first-order valence-electron chi connectivity index (χ1n) is 7.42. The Balaban J connectivity index is 1.91. The fourth-order valence-electron chi connectivity index (χ4n) is 3.15. The van der Waals surface area contributed by atoms with Gasteiger partial charge in [0.15, 0.2) is 0 Å². The Morgan fingerprint density at radius 2 is 2.19 bits per heavy atom. The molecule has 3 nitrogen and oxygen atoms in total. The molecule has 1 saturated carbocycles. The minimum Gasteiger partial charge on any atom is -0.349 e. The number of nitrogens with zero attached hydrogens (tertiary/aromatic N) is 1. The van der Waals surface area contributed by atoms with Crippen LogP contribution in [-0.4, -0.2) is 22.3 Å². The Morgan fingerprint density at radius 1 is 1.38 bits per heavy atom. The molecule has 1 N–H and O–H groups in total. The van der Waals surface area contributed by atoms with Crippen molar-refractivity contribution in [2.75, 3.05) is 5.33 Å². The molecule has 2 atom stereocenters. The lowest BCUT2D eigenvalue weighted by molar-refractivity contribution is 0.0932. The predicted octanol–water partition coefficient (Wildman–Crippen LogP) is 3.84. The van der Waals surface area contributed by atoms with Crippen molar-refractivity contribution in [1.82, 2.24) is 10.3 Å². The van der Waals surface area contributed by atoms with E-state index in [1.165, 1.54) is 12.8 Å². The van der Waals surface area contributed by atoms with E-state index < -0.39 is 0 Å². The number of aromatic nitrogens is 1. The number of halogens is 1. The zero-order valence-electron chi connectivity index (χ0n) is 12.1. The lowest BCUT2D eigenvalue weighted by atomic mass is 10.0. The van der Waals surface area contributed by atoms with Crippen LogP contribution in [-0.2, 0) is 0 Å². The molecule has 4 heteroatoms. The monoisotopic (exact) mass is 346 g/mol. The van der Waals surface area contributed by atoms with Crippen LogP contribution in [0.3, 0.4) is 0 Å². The predicted molar refractivity (Wildman–Crippen MR) is 88.9 cm³/mol. The summed E-state index contributed by atoms with van der Waals surface area (Å²) in [5, 5.41) is 5.10. The standard InChI is InChI=1S/C17H19BrN2O/c1-11-9-14(13-6-2-3-7-16(13)19-11)17(21)20-15-8-4-5-12(15)10-18/h2-3,6-7,9,12,15H,4-5,8,10H2,1H3,(H,20,21). The fourth-order valence-corrected chi connectivity index (χ4v) is 3.93. The quantitative estimate of drug-likeness (QED) is 0.858. The minimum atomic E-state index is 0.0227. The van der Waals surface area contributed by atoms with Gasteiger partial charge in [-0.3, -0.25) is 9.78 Å². The van der Waals surface area contributed by atoms with Crippen molar-refractivity contribution in [1.29, 1.82) is 0 Å². The zero-order valence-corrected chi connectivity index (χ0v) is 13.7. The minimum absolute atomic E-state index is 0.0227. The summed E-state index contributed by atoms with van der Waals surface area (Å²) in [5.41, 5.74) is 2.49. The zero-order chi connectivity index (χ0) is 14.8. The van der Waals surface area contributed by atoms with Gasteiger partial charge in [-0.15, -0.1) is 0 Å². The molecular formula is C17H19BrN2O. The molecule has 0 aliphatic heterocycles. The SMILES string of the molecule is Cc1cc(C(=O)NC2CCCC2CBr)c2ccccc2n1. The van der Waals surface area contributed by atoms with Gasteiger partial charge in [-0.25, -0.2) is 0 Å². The normalized spacial score (nSPS) is 21.6. The van der Waals surface area contributed by atoms with E-state index in [-0.39, 0.29) is 11.9 Å². The van der Waals surface area contributed by atoms with Gasteiger partial charge >= 0.3 is 0 Å². The number of amides is 1. The highest BCUT2D eigenvalue weighted by Gasteiger charge is 2.28. The van der Waals surface area contributed by atoms with Crippen LogP contribution in [0.15, 0.2) is 30.3 Å². The smallest absolute Gasteiger partial charge is 0.252 e. The largest absolute Gasteiger partial charge is 0.349 e. The molecule has 21 heavy (non-hydrogen) atoms. The number of nitrogens with one attached hydrogen (secondary N) is 1. The second kappa shape index (κ2) is 6.14. The van der Waals surface area contributed by atoms with Crippen molar-refractivity contribution in [2.45, 2.75) is 32.2 Å². The van der Waals surface area contributed by atoms with Gasteiger partial charge in [0.1, 0.15) is 0 Å². The van der Waals surface area contributed by atoms with Crippen molar-refractivity contribution in [3.63, 3.8) is 0 Å². The molecule has 3 rings (SSSR count). The molecule has 1 aromatic heterocycles. The van der Waals surface area contributed by atoms with Crippen LogP contribution in [0.4, 0.5) is 0 Å². The van der Waals surface area contributed by atoms with Crippen LogP contribution in [0.1, 0.15) is 35.3 Å². The third-order valence-corrected chi connectivity index (χ3v) is 5.09. The third-order valence-electron chi connectivity index (χ3n) is 4.26. The van der Waals surface area contributed by atoms with E-state index in [9.17, 15) is 4.79 Å². The number of alkyl halides is 1. The summed E-state index contributed by atoms with van der Waals surface area (Å²) in [6.07, 6.45) is 3.45. The maximum Gasteiger partial charge on any atom is 0.252 e. The molecule has 0 bridgehead atoms. The number of benzene rings is 1. The molecule has 2 unspecified atom stereocenters. The molecule has 0 saturated heterocycles. The second-order valence-corrected chi connectivity index (χ2v) is 6.40.